The van der Waals surface area contributed by atoms with Gasteiger partial charge in [-0.05, 0) is 30.9 Å². The van der Waals surface area contributed by atoms with Crippen LogP contribution in [0.25, 0.3) is 0 Å². The van der Waals surface area contributed by atoms with Gasteiger partial charge in [0, 0.05) is 12.8 Å². The molecule has 2 aliphatic rings. The van der Waals surface area contributed by atoms with Crippen LogP contribution in [0.4, 0.5) is 0 Å². The van der Waals surface area contributed by atoms with Crippen LogP contribution < -0.4 is 0 Å². The van der Waals surface area contributed by atoms with E-state index in [1.807, 2.05) is 12.1 Å². The molecule has 0 aromatic heterocycles. The van der Waals surface area contributed by atoms with Crippen LogP contribution in [0.15, 0.2) is 24.3 Å². The molecule has 1 aromatic carbocycles. The molecule has 0 spiro atoms. The summed E-state index contributed by atoms with van der Waals surface area (Å²) in [6, 6.07) is 8.14. The molecule has 21 heavy (non-hydrogen) atoms. The summed E-state index contributed by atoms with van der Waals surface area (Å²) >= 11 is 0. The van der Waals surface area contributed by atoms with Gasteiger partial charge in [0.2, 0.25) is 0 Å². The third kappa shape index (κ3) is 2.72. The van der Waals surface area contributed by atoms with Crippen molar-refractivity contribution in [2.24, 2.45) is 5.92 Å². The van der Waals surface area contributed by atoms with Crippen molar-refractivity contribution < 1.29 is 19.1 Å². The van der Waals surface area contributed by atoms with Crippen LogP contribution in [-0.4, -0.2) is 18.4 Å². The zero-order valence-corrected chi connectivity index (χ0v) is 12.2. The predicted octanol–water partition coefficient (Wildman–Crippen LogP) is 3.12. The molecule has 0 N–H and O–H groups in total. The Morgan fingerprint density at radius 1 is 1.24 bits per heavy atom. The number of ketones is 1. The van der Waals surface area contributed by atoms with Gasteiger partial charge in [0.15, 0.2) is 0 Å². The van der Waals surface area contributed by atoms with Crippen LogP contribution in [0.3, 0.4) is 0 Å². The lowest BCUT2D eigenvalue weighted by Crippen LogP contribution is -2.20. The van der Waals surface area contributed by atoms with Gasteiger partial charge in [0.1, 0.15) is 5.78 Å². The molecular weight excluding hydrogens is 268 g/mol. The fraction of sp³-hybridized carbons (Fsp3) is 0.529. The number of carbonyl (C=O) groups is 2. The Balaban J connectivity index is 1.55. The van der Waals surface area contributed by atoms with E-state index in [0.29, 0.717) is 25.9 Å². The zero-order chi connectivity index (χ0) is 14.8. The first-order valence-corrected chi connectivity index (χ1v) is 7.63. The minimum absolute atomic E-state index is 0.0490. The Morgan fingerprint density at radius 3 is 2.76 bits per heavy atom. The van der Waals surface area contributed by atoms with E-state index < -0.39 is 0 Å². The highest BCUT2D eigenvalue weighted by Crippen LogP contribution is 2.54. The number of Topliss-reactive ketones (excluding diaryl/α,β-unsaturated/α-hetero) is 1. The number of ether oxygens (including phenoxy) is 2. The summed E-state index contributed by atoms with van der Waals surface area (Å²) in [6.45, 7) is 2.18. The molecule has 3 atom stereocenters. The number of hydrogen-bond acceptors (Lipinski definition) is 4. The highest BCUT2D eigenvalue weighted by molar-refractivity contribution is 5.83. The van der Waals surface area contributed by atoms with Crippen molar-refractivity contribution >= 4 is 11.8 Å². The van der Waals surface area contributed by atoms with Gasteiger partial charge in [-0.3, -0.25) is 9.59 Å². The first-order valence-electron chi connectivity index (χ1n) is 7.63. The second-order valence-corrected chi connectivity index (χ2v) is 5.64. The molecule has 0 saturated carbocycles. The van der Waals surface area contributed by atoms with Crippen LogP contribution in [0, 0.1) is 5.92 Å². The summed E-state index contributed by atoms with van der Waals surface area (Å²) in [6.07, 6.45) is 2.08. The third-order valence-electron chi connectivity index (χ3n) is 4.32. The minimum atomic E-state index is -0.222. The number of carbonyl (C=O) groups excluding carboxylic acids is 2. The van der Waals surface area contributed by atoms with E-state index >= 15 is 0 Å². The summed E-state index contributed by atoms with van der Waals surface area (Å²) in [5.41, 5.74) is 2.40. The van der Waals surface area contributed by atoms with E-state index in [1.165, 1.54) is 5.56 Å². The van der Waals surface area contributed by atoms with Gasteiger partial charge in [-0.25, -0.2) is 0 Å². The van der Waals surface area contributed by atoms with E-state index in [-0.39, 0.29) is 29.9 Å². The number of esters is 1. The maximum atomic E-state index is 12.4. The molecule has 3 rings (SSSR count). The van der Waals surface area contributed by atoms with Crippen LogP contribution in [-0.2, 0) is 19.1 Å². The lowest BCUT2D eigenvalue weighted by atomic mass is 9.80. The second kappa shape index (κ2) is 5.98. The van der Waals surface area contributed by atoms with Crippen molar-refractivity contribution in [2.75, 3.05) is 6.61 Å². The van der Waals surface area contributed by atoms with Crippen molar-refractivity contribution in [1.82, 2.24) is 0 Å². The van der Waals surface area contributed by atoms with Crippen LogP contribution >= 0.6 is 0 Å². The number of fused-ring (bicyclic) bond motifs is 5. The van der Waals surface area contributed by atoms with E-state index in [1.54, 1.807) is 6.92 Å². The second-order valence-electron chi connectivity index (χ2n) is 5.64. The lowest BCUT2D eigenvalue weighted by Gasteiger charge is -2.20. The minimum Gasteiger partial charge on any atom is -0.466 e. The molecule has 2 aliphatic heterocycles. The Hall–Kier alpha value is -1.68. The zero-order valence-electron chi connectivity index (χ0n) is 12.2. The normalized spacial score (nSPS) is 25.7. The molecule has 1 saturated heterocycles. The summed E-state index contributed by atoms with van der Waals surface area (Å²) in [4.78, 5) is 23.6. The predicted molar refractivity (Wildman–Crippen MR) is 76.6 cm³/mol. The van der Waals surface area contributed by atoms with Gasteiger partial charge in [-0.1, -0.05) is 24.3 Å². The Morgan fingerprint density at radius 2 is 2.00 bits per heavy atom. The highest BCUT2D eigenvalue weighted by Gasteiger charge is 2.47. The van der Waals surface area contributed by atoms with Crippen molar-refractivity contribution in [3.8, 4) is 0 Å². The topological polar surface area (TPSA) is 52.6 Å². The van der Waals surface area contributed by atoms with Crippen molar-refractivity contribution in [1.29, 1.82) is 0 Å². The quantitative estimate of drug-likeness (QED) is 0.755. The van der Waals surface area contributed by atoms with E-state index in [4.69, 9.17) is 9.47 Å². The molecular formula is C17H20O4. The molecule has 2 bridgehead atoms. The average Bonchev–Trinajstić information content (AvgIpc) is 3.07. The smallest absolute Gasteiger partial charge is 0.305 e. The van der Waals surface area contributed by atoms with Gasteiger partial charge >= 0.3 is 5.97 Å². The van der Waals surface area contributed by atoms with Gasteiger partial charge in [-0.2, -0.15) is 0 Å². The Labute approximate surface area is 124 Å². The molecule has 0 amide bonds. The number of benzene rings is 1. The van der Waals surface area contributed by atoms with Gasteiger partial charge in [0.05, 0.1) is 24.7 Å². The molecule has 1 aromatic rings. The molecule has 0 unspecified atom stereocenters. The SMILES string of the molecule is CCOC(=O)CCCC(=O)[C@H]1C[C@H]2O[C@@H]1c1ccccc12. The largest absolute Gasteiger partial charge is 0.466 e. The van der Waals surface area contributed by atoms with Crippen molar-refractivity contribution in [3.63, 3.8) is 0 Å². The molecule has 4 heteroatoms. The molecule has 1 fully saturated rings. The van der Waals surface area contributed by atoms with Gasteiger partial charge in [0.25, 0.3) is 0 Å². The highest BCUT2D eigenvalue weighted by atomic mass is 16.5. The molecule has 4 nitrogen and oxygen atoms in total. The van der Waals surface area contributed by atoms with Crippen molar-refractivity contribution in [3.05, 3.63) is 35.4 Å². The lowest BCUT2D eigenvalue weighted by molar-refractivity contribution is -0.143. The molecule has 2 heterocycles. The fourth-order valence-corrected chi connectivity index (χ4v) is 3.36. The summed E-state index contributed by atoms with van der Waals surface area (Å²) in [7, 11) is 0. The van der Waals surface area contributed by atoms with Crippen LogP contribution in [0.1, 0.15) is 55.9 Å². The number of hydrogen-bond donors (Lipinski definition) is 0. The molecule has 0 aliphatic carbocycles. The summed E-state index contributed by atoms with van der Waals surface area (Å²) < 4.78 is 10.8. The summed E-state index contributed by atoms with van der Waals surface area (Å²) in [5.74, 6) is -0.0618. The Bertz CT molecular complexity index is 551. The first-order chi connectivity index (χ1) is 10.2. The maximum absolute atomic E-state index is 12.4. The first kappa shape index (κ1) is 14.3. The van der Waals surface area contributed by atoms with Crippen LogP contribution in [0.5, 0.6) is 0 Å². The van der Waals surface area contributed by atoms with Crippen molar-refractivity contribution in [2.45, 2.75) is 44.8 Å². The Kier molecular flexibility index (Phi) is 4.06. The molecule has 112 valence electrons. The third-order valence-corrected chi connectivity index (χ3v) is 4.32. The fourth-order valence-electron chi connectivity index (χ4n) is 3.36. The standard InChI is InChI=1S/C17H20O4/c1-2-20-16(19)9-5-8-14(18)13-10-15-11-6-3-4-7-12(11)17(13)21-15/h3-4,6-7,13,15,17H,2,5,8-10H2,1H3/t13-,15-,17-/m1/s1. The monoisotopic (exact) mass is 288 g/mol. The maximum Gasteiger partial charge on any atom is 0.305 e. The van der Waals surface area contributed by atoms with E-state index in [9.17, 15) is 9.59 Å². The van der Waals surface area contributed by atoms with Gasteiger partial charge in [-0.15, -0.1) is 0 Å². The van der Waals surface area contributed by atoms with E-state index in [2.05, 4.69) is 12.1 Å². The average molecular weight is 288 g/mol. The van der Waals surface area contributed by atoms with Crippen LogP contribution in [0.2, 0.25) is 0 Å². The van der Waals surface area contributed by atoms with E-state index in [0.717, 1.165) is 12.0 Å². The summed E-state index contributed by atoms with van der Waals surface area (Å²) in [5, 5.41) is 0. The molecule has 0 radical (unpaired) electrons. The number of rotatable bonds is 6. The van der Waals surface area contributed by atoms with Gasteiger partial charge < -0.3 is 9.47 Å².